The van der Waals surface area contributed by atoms with Gasteiger partial charge in [-0.1, -0.05) is 12.1 Å². The van der Waals surface area contributed by atoms with Gasteiger partial charge in [0.1, 0.15) is 0 Å². The minimum absolute atomic E-state index is 0.219. The molecule has 0 saturated heterocycles. The zero-order valence-corrected chi connectivity index (χ0v) is 12.1. The van der Waals surface area contributed by atoms with Crippen LogP contribution in [-0.2, 0) is 6.54 Å². The van der Waals surface area contributed by atoms with Crippen molar-refractivity contribution in [2.24, 2.45) is 0 Å². The first-order valence-corrected chi connectivity index (χ1v) is 7.18. The summed E-state index contributed by atoms with van der Waals surface area (Å²) in [6, 6.07) is 11.4. The first-order chi connectivity index (χ1) is 10.8. The molecule has 6 nitrogen and oxygen atoms in total. The molecule has 0 radical (unpaired) electrons. The van der Waals surface area contributed by atoms with E-state index in [4.69, 9.17) is 0 Å². The average Bonchev–Trinajstić information content (AvgIpc) is 2.96. The third-order valence-electron chi connectivity index (χ3n) is 3.31. The molecule has 0 aliphatic carbocycles. The fourth-order valence-electron chi connectivity index (χ4n) is 2.25. The van der Waals surface area contributed by atoms with Crippen molar-refractivity contribution in [1.29, 1.82) is 0 Å². The molecular formula is C16H17N5O. The van der Waals surface area contributed by atoms with Crippen LogP contribution in [0.15, 0.2) is 55.1 Å². The van der Waals surface area contributed by atoms with Gasteiger partial charge in [-0.05, 0) is 30.7 Å². The Balaban J connectivity index is 1.45. The molecule has 22 heavy (non-hydrogen) atoms. The van der Waals surface area contributed by atoms with E-state index < -0.39 is 0 Å². The molecular weight excluding hydrogens is 278 g/mol. The van der Waals surface area contributed by atoms with Gasteiger partial charge in [0, 0.05) is 19.3 Å². The van der Waals surface area contributed by atoms with Gasteiger partial charge in [-0.15, -0.1) is 0 Å². The van der Waals surface area contributed by atoms with Crippen molar-refractivity contribution < 1.29 is 4.79 Å². The highest BCUT2D eigenvalue weighted by Crippen LogP contribution is 2.11. The molecule has 2 amide bonds. The first kappa shape index (κ1) is 14.1. The van der Waals surface area contributed by atoms with Crippen LogP contribution in [0.4, 0.5) is 10.5 Å². The maximum absolute atomic E-state index is 11.7. The van der Waals surface area contributed by atoms with E-state index in [1.807, 2.05) is 30.6 Å². The van der Waals surface area contributed by atoms with Gasteiger partial charge in [-0.2, -0.15) is 0 Å². The van der Waals surface area contributed by atoms with Gasteiger partial charge < -0.3 is 15.2 Å². The Morgan fingerprint density at radius 1 is 1.18 bits per heavy atom. The van der Waals surface area contributed by atoms with Crippen molar-refractivity contribution in [3.05, 3.63) is 55.1 Å². The first-order valence-electron chi connectivity index (χ1n) is 7.18. The monoisotopic (exact) mass is 295 g/mol. The number of carbonyl (C=O) groups excluding carboxylic acids is 1. The fraction of sp³-hybridized carbons (Fsp3) is 0.188. The van der Waals surface area contributed by atoms with E-state index in [0.717, 1.165) is 24.0 Å². The summed E-state index contributed by atoms with van der Waals surface area (Å²) in [4.78, 5) is 20.0. The van der Waals surface area contributed by atoms with Crippen LogP contribution in [0.5, 0.6) is 0 Å². The summed E-state index contributed by atoms with van der Waals surface area (Å²) < 4.78 is 2.09. The van der Waals surface area contributed by atoms with Crippen molar-refractivity contribution in [2.75, 3.05) is 11.9 Å². The van der Waals surface area contributed by atoms with Crippen LogP contribution in [0.1, 0.15) is 6.42 Å². The lowest BCUT2D eigenvalue weighted by Gasteiger charge is -2.08. The van der Waals surface area contributed by atoms with E-state index in [-0.39, 0.29) is 6.03 Å². The molecule has 0 atom stereocenters. The summed E-state index contributed by atoms with van der Waals surface area (Å²) in [6.07, 6.45) is 5.94. The Kier molecular flexibility index (Phi) is 4.29. The lowest BCUT2D eigenvalue weighted by Crippen LogP contribution is -2.30. The number of carbonyl (C=O) groups is 1. The van der Waals surface area contributed by atoms with Crippen molar-refractivity contribution in [2.45, 2.75) is 13.0 Å². The van der Waals surface area contributed by atoms with E-state index in [1.54, 1.807) is 24.5 Å². The number of nitrogens with one attached hydrogen (secondary N) is 2. The summed E-state index contributed by atoms with van der Waals surface area (Å²) in [5.74, 6) is 0. The lowest BCUT2D eigenvalue weighted by molar-refractivity contribution is 0.252. The minimum Gasteiger partial charge on any atom is -0.338 e. The molecule has 3 aromatic rings. The Hall–Kier alpha value is -2.89. The number of rotatable bonds is 5. The van der Waals surface area contributed by atoms with Crippen molar-refractivity contribution in [1.82, 2.24) is 19.9 Å². The van der Waals surface area contributed by atoms with Crippen LogP contribution >= 0.6 is 0 Å². The number of fused-ring (bicyclic) bond motifs is 1. The Morgan fingerprint density at radius 2 is 2.09 bits per heavy atom. The summed E-state index contributed by atoms with van der Waals surface area (Å²) in [6.45, 7) is 1.41. The fourth-order valence-corrected chi connectivity index (χ4v) is 2.25. The van der Waals surface area contributed by atoms with E-state index in [1.165, 1.54) is 0 Å². The maximum Gasteiger partial charge on any atom is 0.319 e. The third-order valence-corrected chi connectivity index (χ3v) is 3.31. The predicted octanol–water partition coefficient (Wildman–Crippen LogP) is 2.64. The smallest absolute Gasteiger partial charge is 0.319 e. The molecule has 0 unspecified atom stereocenters. The maximum atomic E-state index is 11.7. The van der Waals surface area contributed by atoms with Crippen molar-refractivity contribution in [3.63, 3.8) is 0 Å². The highest BCUT2D eigenvalue weighted by molar-refractivity contribution is 5.88. The molecule has 112 valence electrons. The molecule has 6 heteroatoms. The third kappa shape index (κ3) is 3.41. The Morgan fingerprint density at radius 3 is 2.95 bits per heavy atom. The normalized spacial score (nSPS) is 10.5. The quantitative estimate of drug-likeness (QED) is 0.711. The van der Waals surface area contributed by atoms with E-state index in [0.29, 0.717) is 12.2 Å². The van der Waals surface area contributed by atoms with E-state index >= 15 is 0 Å². The van der Waals surface area contributed by atoms with Crippen LogP contribution in [0.2, 0.25) is 0 Å². The topological polar surface area (TPSA) is 71.8 Å². The zero-order valence-electron chi connectivity index (χ0n) is 12.1. The number of para-hydroxylation sites is 2. The number of aromatic nitrogens is 3. The summed E-state index contributed by atoms with van der Waals surface area (Å²) in [5.41, 5.74) is 2.78. The molecule has 0 spiro atoms. The molecule has 2 heterocycles. The van der Waals surface area contributed by atoms with Gasteiger partial charge in [0.2, 0.25) is 0 Å². The van der Waals surface area contributed by atoms with Crippen molar-refractivity contribution in [3.8, 4) is 0 Å². The number of hydrogen-bond donors (Lipinski definition) is 2. The zero-order chi connectivity index (χ0) is 15.2. The van der Waals surface area contributed by atoms with Crippen LogP contribution in [-0.4, -0.2) is 27.1 Å². The lowest BCUT2D eigenvalue weighted by atomic mass is 10.3. The Bertz CT molecular complexity index is 753. The summed E-state index contributed by atoms with van der Waals surface area (Å²) >= 11 is 0. The molecule has 0 saturated carbocycles. The molecule has 2 N–H and O–H groups in total. The Labute approximate surface area is 128 Å². The number of amides is 2. The van der Waals surface area contributed by atoms with Gasteiger partial charge in [0.05, 0.1) is 29.2 Å². The second-order valence-corrected chi connectivity index (χ2v) is 4.90. The van der Waals surface area contributed by atoms with Crippen LogP contribution in [0, 0.1) is 0 Å². The second kappa shape index (κ2) is 6.71. The van der Waals surface area contributed by atoms with Gasteiger partial charge in [0.25, 0.3) is 0 Å². The molecule has 0 aliphatic rings. The van der Waals surface area contributed by atoms with Gasteiger partial charge in [0.15, 0.2) is 0 Å². The van der Waals surface area contributed by atoms with E-state index in [2.05, 4.69) is 25.2 Å². The standard InChI is InChI=1S/C16H17N5O/c22-16(20-13-5-3-8-17-11-13)18-9-4-10-21-12-19-14-6-1-2-7-15(14)21/h1-3,5-8,11-12H,4,9-10H2,(H2,18,20,22). The van der Waals surface area contributed by atoms with Gasteiger partial charge in [-0.25, -0.2) is 9.78 Å². The molecule has 0 aliphatic heterocycles. The van der Waals surface area contributed by atoms with Gasteiger partial charge >= 0.3 is 6.03 Å². The van der Waals surface area contributed by atoms with Crippen LogP contribution in [0.25, 0.3) is 11.0 Å². The highest BCUT2D eigenvalue weighted by atomic mass is 16.2. The summed E-state index contributed by atoms with van der Waals surface area (Å²) in [7, 11) is 0. The van der Waals surface area contributed by atoms with Gasteiger partial charge in [-0.3, -0.25) is 4.98 Å². The number of aryl methyl sites for hydroxylation is 1. The number of nitrogens with zero attached hydrogens (tertiary/aromatic N) is 3. The molecule has 0 fully saturated rings. The second-order valence-electron chi connectivity index (χ2n) is 4.90. The molecule has 0 bridgehead atoms. The molecule has 3 rings (SSSR count). The average molecular weight is 295 g/mol. The van der Waals surface area contributed by atoms with Crippen LogP contribution < -0.4 is 10.6 Å². The number of pyridine rings is 1. The molecule has 1 aromatic carbocycles. The van der Waals surface area contributed by atoms with Crippen LogP contribution in [0.3, 0.4) is 0 Å². The number of benzene rings is 1. The minimum atomic E-state index is -0.219. The summed E-state index contributed by atoms with van der Waals surface area (Å²) in [5, 5.41) is 5.56. The number of hydrogen-bond acceptors (Lipinski definition) is 3. The predicted molar refractivity (Wildman–Crippen MR) is 85.6 cm³/mol. The van der Waals surface area contributed by atoms with Crippen molar-refractivity contribution >= 4 is 22.8 Å². The highest BCUT2D eigenvalue weighted by Gasteiger charge is 2.03. The number of imidazole rings is 1. The largest absolute Gasteiger partial charge is 0.338 e. The number of anilines is 1. The SMILES string of the molecule is O=C(NCCCn1cnc2ccccc21)Nc1cccnc1. The van der Waals surface area contributed by atoms with E-state index in [9.17, 15) is 4.79 Å². The molecule has 2 aromatic heterocycles. The number of urea groups is 1.